The van der Waals surface area contributed by atoms with Crippen molar-refractivity contribution in [3.8, 4) is 22.6 Å². The number of carboxylic acids is 1. The number of hydrogen-bond acceptors (Lipinski definition) is 4. The molecule has 1 N–H and O–H groups in total. The van der Waals surface area contributed by atoms with E-state index in [9.17, 15) is 22.8 Å². The molecule has 0 bridgehead atoms. The van der Waals surface area contributed by atoms with Crippen LogP contribution in [0.1, 0.15) is 31.9 Å². The summed E-state index contributed by atoms with van der Waals surface area (Å²) in [4.78, 5) is 25.1. The molecule has 0 unspecified atom stereocenters. The van der Waals surface area contributed by atoms with E-state index in [0.29, 0.717) is 34.7 Å². The zero-order chi connectivity index (χ0) is 23.8. The maximum atomic E-state index is 13.0. The lowest BCUT2D eigenvalue weighted by Gasteiger charge is -2.39. The van der Waals surface area contributed by atoms with Gasteiger partial charge in [0, 0.05) is 18.2 Å². The molecular weight excluding hydrogens is 427 g/mol. The smallest absolute Gasteiger partial charge is 0.478 e. The molecule has 0 saturated carbocycles. The number of carbonyl (C=O) groups is 2. The summed E-state index contributed by atoms with van der Waals surface area (Å²) in [5.74, 6) is -1.46. The highest BCUT2D eigenvalue weighted by molar-refractivity contribution is 6.03. The molecule has 2 aromatic rings. The van der Waals surface area contributed by atoms with Crippen LogP contribution < -0.4 is 14.4 Å². The summed E-state index contributed by atoms with van der Waals surface area (Å²) in [6, 6.07) is 7.11. The number of aryl methyl sites for hydroxylation is 1. The number of rotatable bonds is 5. The van der Waals surface area contributed by atoms with Crippen LogP contribution in [0.2, 0.25) is 0 Å². The summed E-state index contributed by atoms with van der Waals surface area (Å²) in [6.45, 7) is 7.14. The Hall–Kier alpha value is -3.49. The van der Waals surface area contributed by atoms with Gasteiger partial charge in [0.05, 0.1) is 5.69 Å². The minimum absolute atomic E-state index is 0.100. The molecule has 0 saturated heterocycles. The van der Waals surface area contributed by atoms with Crippen molar-refractivity contribution in [2.24, 2.45) is 0 Å². The third-order valence-electron chi connectivity index (χ3n) is 4.98. The number of carbonyl (C=O) groups excluding carboxylic acids is 1. The van der Waals surface area contributed by atoms with E-state index >= 15 is 0 Å². The van der Waals surface area contributed by atoms with Gasteiger partial charge < -0.3 is 19.5 Å². The number of hydrogen-bond donors (Lipinski definition) is 1. The summed E-state index contributed by atoms with van der Waals surface area (Å²) >= 11 is 0. The van der Waals surface area contributed by atoms with E-state index in [2.05, 4.69) is 4.74 Å². The van der Waals surface area contributed by atoms with Crippen LogP contribution in [0.3, 0.4) is 0 Å². The van der Waals surface area contributed by atoms with Gasteiger partial charge in [-0.1, -0.05) is 6.07 Å². The maximum absolute atomic E-state index is 13.0. The monoisotopic (exact) mass is 449 g/mol. The molecule has 6 nitrogen and oxygen atoms in total. The van der Waals surface area contributed by atoms with Gasteiger partial charge >= 0.3 is 12.3 Å². The predicted molar refractivity (Wildman–Crippen MR) is 113 cm³/mol. The molecule has 2 aromatic carbocycles. The van der Waals surface area contributed by atoms with Crippen LogP contribution in [0.25, 0.3) is 17.2 Å². The molecule has 0 aromatic heterocycles. The Morgan fingerprint density at radius 1 is 1.22 bits per heavy atom. The third-order valence-corrected chi connectivity index (χ3v) is 4.98. The van der Waals surface area contributed by atoms with Crippen LogP contribution in [0.5, 0.6) is 11.5 Å². The normalized spacial score (nSPS) is 15.5. The molecule has 0 atom stereocenters. The summed E-state index contributed by atoms with van der Waals surface area (Å²) in [5.41, 5.74) is 0.808. The SMILES string of the molecule is CCN1C(=O)C(C)(C)Oc2cc(C)c(-c3cc(/C=C/C(=O)O)ccc3OC(F)(F)F)cc21. The molecule has 0 aliphatic carbocycles. The Morgan fingerprint density at radius 3 is 2.50 bits per heavy atom. The Morgan fingerprint density at radius 2 is 1.91 bits per heavy atom. The summed E-state index contributed by atoms with van der Waals surface area (Å²) in [5, 5.41) is 8.86. The Balaban J connectivity index is 2.22. The minimum atomic E-state index is -4.92. The molecule has 1 aliphatic rings. The van der Waals surface area contributed by atoms with E-state index in [-0.39, 0.29) is 11.5 Å². The Labute approximate surface area is 182 Å². The van der Waals surface area contributed by atoms with Crippen molar-refractivity contribution in [2.45, 2.75) is 39.7 Å². The van der Waals surface area contributed by atoms with Gasteiger partial charge in [-0.2, -0.15) is 0 Å². The number of carboxylic acid groups (broad SMARTS) is 1. The molecule has 1 heterocycles. The van der Waals surface area contributed by atoms with Crippen LogP contribution in [0, 0.1) is 6.92 Å². The first kappa shape index (κ1) is 23.2. The second-order valence-electron chi connectivity index (χ2n) is 7.77. The number of likely N-dealkylation sites (N-methyl/N-ethyl adjacent to an activating group) is 1. The van der Waals surface area contributed by atoms with Gasteiger partial charge in [-0.25, -0.2) is 4.79 Å². The molecule has 170 valence electrons. The first-order chi connectivity index (χ1) is 14.8. The predicted octanol–water partition coefficient (Wildman–Crippen LogP) is 5.18. The fourth-order valence-corrected chi connectivity index (χ4v) is 3.56. The zero-order valence-corrected chi connectivity index (χ0v) is 17.9. The molecular formula is C23H22F3NO5. The van der Waals surface area contributed by atoms with Crippen LogP contribution >= 0.6 is 0 Å². The minimum Gasteiger partial charge on any atom is -0.478 e. The van der Waals surface area contributed by atoms with E-state index in [1.165, 1.54) is 23.1 Å². The highest BCUT2D eigenvalue weighted by Gasteiger charge is 2.41. The standard InChI is InChI=1S/C23H22F3NO5/c1-5-27-17-12-15(13(2)10-19(17)31-22(3,4)21(27)30)16-11-14(7-9-20(28)29)6-8-18(16)32-23(24,25)26/h6-12H,5H2,1-4H3,(H,28,29)/b9-7+. The lowest BCUT2D eigenvalue weighted by molar-refractivity contribution is -0.274. The maximum Gasteiger partial charge on any atom is 0.573 e. The molecule has 32 heavy (non-hydrogen) atoms. The summed E-state index contributed by atoms with van der Waals surface area (Å²) < 4.78 is 49.2. The number of fused-ring (bicyclic) bond motifs is 1. The van der Waals surface area contributed by atoms with E-state index in [1.54, 1.807) is 39.8 Å². The summed E-state index contributed by atoms with van der Waals surface area (Å²) in [6.07, 6.45) is -2.77. The number of anilines is 1. The second kappa shape index (κ2) is 8.22. The number of nitrogens with zero attached hydrogens (tertiary/aromatic N) is 1. The number of benzene rings is 2. The highest BCUT2D eigenvalue weighted by Crippen LogP contribution is 2.44. The molecule has 1 aliphatic heterocycles. The molecule has 3 rings (SSSR count). The Kier molecular flexibility index (Phi) is 5.95. The van der Waals surface area contributed by atoms with Crippen LogP contribution in [-0.2, 0) is 9.59 Å². The van der Waals surface area contributed by atoms with Crippen LogP contribution in [0.4, 0.5) is 18.9 Å². The number of ether oxygens (including phenoxy) is 2. The first-order valence-electron chi connectivity index (χ1n) is 9.79. The number of halogens is 3. The van der Waals surface area contributed by atoms with Crippen molar-refractivity contribution in [2.75, 3.05) is 11.4 Å². The van der Waals surface area contributed by atoms with Gasteiger partial charge in [-0.05, 0) is 74.7 Å². The largest absolute Gasteiger partial charge is 0.573 e. The quantitative estimate of drug-likeness (QED) is 0.637. The number of amides is 1. The second-order valence-corrected chi connectivity index (χ2v) is 7.77. The molecule has 0 spiro atoms. The van der Waals surface area contributed by atoms with Crippen molar-refractivity contribution in [3.63, 3.8) is 0 Å². The van der Waals surface area contributed by atoms with Gasteiger partial charge in [0.25, 0.3) is 5.91 Å². The lowest BCUT2D eigenvalue weighted by Crippen LogP contribution is -2.52. The third kappa shape index (κ3) is 4.71. The van der Waals surface area contributed by atoms with Gasteiger partial charge in [0.15, 0.2) is 5.60 Å². The molecule has 0 radical (unpaired) electrons. The van der Waals surface area contributed by atoms with Gasteiger partial charge in [0.1, 0.15) is 11.5 Å². The van der Waals surface area contributed by atoms with Crippen molar-refractivity contribution in [1.82, 2.24) is 0 Å². The zero-order valence-electron chi connectivity index (χ0n) is 17.9. The van der Waals surface area contributed by atoms with Crippen molar-refractivity contribution < 1.29 is 37.3 Å². The van der Waals surface area contributed by atoms with Crippen molar-refractivity contribution >= 4 is 23.6 Å². The van der Waals surface area contributed by atoms with Crippen LogP contribution in [-0.4, -0.2) is 35.5 Å². The number of aliphatic carboxylic acids is 1. The Bertz CT molecular complexity index is 1110. The topological polar surface area (TPSA) is 76.1 Å². The highest BCUT2D eigenvalue weighted by atomic mass is 19.4. The van der Waals surface area contributed by atoms with E-state index in [1.807, 2.05) is 0 Å². The van der Waals surface area contributed by atoms with E-state index in [0.717, 1.165) is 12.1 Å². The van der Waals surface area contributed by atoms with Gasteiger partial charge in [0.2, 0.25) is 0 Å². The van der Waals surface area contributed by atoms with Crippen LogP contribution in [0.15, 0.2) is 36.4 Å². The van der Waals surface area contributed by atoms with Gasteiger partial charge in [-0.3, -0.25) is 4.79 Å². The lowest BCUT2D eigenvalue weighted by atomic mass is 9.94. The summed E-state index contributed by atoms with van der Waals surface area (Å²) in [7, 11) is 0. The fourth-order valence-electron chi connectivity index (χ4n) is 3.56. The van der Waals surface area contributed by atoms with E-state index in [4.69, 9.17) is 9.84 Å². The average Bonchev–Trinajstić information content (AvgIpc) is 2.67. The molecule has 0 fully saturated rings. The average molecular weight is 449 g/mol. The van der Waals surface area contributed by atoms with Crippen molar-refractivity contribution in [1.29, 1.82) is 0 Å². The van der Waals surface area contributed by atoms with E-state index < -0.39 is 23.7 Å². The molecule has 1 amide bonds. The van der Waals surface area contributed by atoms with Gasteiger partial charge in [-0.15, -0.1) is 13.2 Å². The van der Waals surface area contributed by atoms with Crippen molar-refractivity contribution in [3.05, 3.63) is 47.5 Å². The first-order valence-corrected chi connectivity index (χ1v) is 9.79. The number of alkyl halides is 3. The fraction of sp³-hybridized carbons (Fsp3) is 0.304. The molecule has 9 heteroatoms.